The molecule has 2 N–H and O–H groups in total. The molecule has 0 radical (unpaired) electrons. The number of aromatic nitrogens is 1. The highest BCUT2D eigenvalue weighted by Gasteiger charge is 2.22. The van der Waals surface area contributed by atoms with E-state index in [9.17, 15) is 4.79 Å². The third kappa shape index (κ3) is 4.94. The first kappa shape index (κ1) is 19.2. The van der Waals surface area contributed by atoms with E-state index in [1.165, 1.54) is 0 Å². The Balaban J connectivity index is 2.14. The van der Waals surface area contributed by atoms with Crippen molar-refractivity contribution in [3.63, 3.8) is 0 Å². The molecule has 1 aromatic heterocycles. The predicted octanol–water partition coefficient (Wildman–Crippen LogP) is 3.69. The molecular weight excluding hydrogens is 338 g/mol. The minimum atomic E-state index is -0.0916. The molecule has 0 aliphatic rings. The number of hydrogen-bond acceptors (Lipinski definition) is 4. The van der Waals surface area contributed by atoms with Gasteiger partial charge in [-0.15, -0.1) is 0 Å². The van der Waals surface area contributed by atoms with Gasteiger partial charge in [0.25, 0.3) is 5.91 Å². The Hall–Kier alpha value is -2.11. The summed E-state index contributed by atoms with van der Waals surface area (Å²) >= 11 is 6.25. The summed E-state index contributed by atoms with van der Waals surface area (Å²) in [5.74, 6) is 0.472. The zero-order valence-corrected chi connectivity index (χ0v) is 15.4. The second kappa shape index (κ2) is 9.39. The summed E-state index contributed by atoms with van der Waals surface area (Å²) < 4.78 is 5.57. The molecule has 0 spiro atoms. The first-order valence-corrected chi connectivity index (χ1v) is 8.75. The number of halogens is 1. The van der Waals surface area contributed by atoms with Crippen molar-refractivity contribution >= 4 is 17.5 Å². The molecule has 0 bridgehead atoms. The number of carbonyl (C=O) groups is 1. The molecule has 6 heteroatoms. The van der Waals surface area contributed by atoms with Crippen molar-refractivity contribution in [2.45, 2.75) is 25.8 Å². The van der Waals surface area contributed by atoms with Gasteiger partial charge in [-0.3, -0.25) is 9.78 Å². The van der Waals surface area contributed by atoms with Crippen LogP contribution in [0, 0.1) is 0 Å². The lowest BCUT2D eigenvalue weighted by molar-refractivity contribution is 0.0726. The lowest BCUT2D eigenvalue weighted by Gasteiger charge is -2.27. The highest BCUT2D eigenvalue weighted by molar-refractivity contribution is 6.32. The fraction of sp³-hybridized carbons (Fsp3) is 0.368. The van der Waals surface area contributed by atoms with Gasteiger partial charge in [-0.1, -0.05) is 24.6 Å². The van der Waals surface area contributed by atoms with Gasteiger partial charge in [0, 0.05) is 25.0 Å². The molecule has 1 amide bonds. The quantitative estimate of drug-likeness (QED) is 0.728. The van der Waals surface area contributed by atoms with Gasteiger partial charge in [-0.05, 0) is 49.2 Å². The molecule has 2 rings (SSSR count). The number of pyridine rings is 1. The minimum Gasteiger partial charge on any atom is -0.492 e. The van der Waals surface area contributed by atoms with Crippen LogP contribution in [0.1, 0.15) is 41.7 Å². The van der Waals surface area contributed by atoms with Crippen molar-refractivity contribution in [3.8, 4) is 5.75 Å². The van der Waals surface area contributed by atoms with Crippen LogP contribution in [-0.2, 0) is 0 Å². The Morgan fingerprint density at radius 2 is 2.20 bits per heavy atom. The van der Waals surface area contributed by atoms with Gasteiger partial charge >= 0.3 is 0 Å². The zero-order chi connectivity index (χ0) is 18.2. The van der Waals surface area contributed by atoms with Crippen molar-refractivity contribution in [2.75, 3.05) is 20.2 Å². The zero-order valence-electron chi connectivity index (χ0n) is 14.6. The van der Waals surface area contributed by atoms with Crippen LogP contribution in [0.5, 0.6) is 5.75 Å². The van der Waals surface area contributed by atoms with E-state index in [1.807, 2.05) is 19.1 Å². The summed E-state index contributed by atoms with van der Waals surface area (Å²) in [4.78, 5) is 18.7. The molecule has 0 fully saturated rings. The number of carbonyl (C=O) groups excluding carboxylic acids is 1. The Morgan fingerprint density at radius 3 is 2.80 bits per heavy atom. The summed E-state index contributed by atoms with van der Waals surface area (Å²) in [5.41, 5.74) is 6.99. The standard InChI is InChI=1S/C19H24ClN3O2/c1-3-17(15-6-4-10-22-13-15)23(2)19(24)14-7-8-18(16(20)12-14)25-11-5-9-21/h4,6-8,10,12-13,17H,3,5,9,11,21H2,1-2H3/t17-/m1/s1. The fourth-order valence-electron chi connectivity index (χ4n) is 2.67. The van der Waals surface area contributed by atoms with Gasteiger partial charge in [0.15, 0.2) is 0 Å². The maximum Gasteiger partial charge on any atom is 0.254 e. The molecule has 1 heterocycles. The summed E-state index contributed by atoms with van der Waals surface area (Å²) in [5, 5.41) is 0.422. The number of ether oxygens (including phenoxy) is 1. The molecule has 2 aromatic rings. The monoisotopic (exact) mass is 361 g/mol. The summed E-state index contributed by atoms with van der Waals surface area (Å²) in [7, 11) is 1.79. The number of nitrogens with two attached hydrogens (primary N) is 1. The molecule has 1 aromatic carbocycles. The number of nitrogens with zero attached hydrogens (tertiary/aromatic N) is 2. The normalized spacial score (nSPS) is 11.8. The molecule has 0 unspecified atom stereocenters. The molecule has 134 valence electrons. The van der Waals surface area contributed by atoms with E-state index in [1.54, 1.807) is 42.5 Å². The van der Waals surface area contributed by atoms with E-state index in [2.05, 4.69) is 4.98 Å². The van der Waals surface area contributed by atoms with Gasteiger partial charge in [0.05, 0.1) is 17.7 Å². The van der Waals surface area contributed by atoms with Crippen LogP contribution in [0.4, 0.5) is 0 Å². The number of hydrogen-bond donors (Lipinski definition) is 1. The van der Waals surface area contributed by atoms with E-state index < -0.39 is 0 Å². The topological polar surface area (TPSA) is 68.5 Å². The second-order valence-electron chi connectivity index (χ2n) is 5.76. The highest BCUT2D eigenvalue weighted by atomic mass is 35.5. The first-order valence-electron chi connectivity index (χ1n) is 8.38. The van der Waals surface area contributed by atoms with Crippen molar-refractivity contribution in [3.05, 3.63) is 58.9 Å². The minimum absolute atomic E-state index is 0.0412. The Labute approximate surface area is 153 Å². The lowest BCUT2D eigenvalue weighted by atomic mass is 10.0. The highest BCUT2D eigenvalue weighted by Crippen LogP contribution is 2.28. The molecule has 0 aliphatic carbocycles. The SMILES string of the molecule is CC[C@H](c1cccnc1)N(C)C(=O)c1ccc(OCCCN)c(Cl)c1. The number of amides is 1. The van der Waals surface area contributed by atoms with Gasteiger partial charge in [0.1, 0.15) is 5.75 Å². The molecular formula is C19H24ClN3O2. The predicted molar refractivity (Wildman–Crippen MR) is 100.0 cm³/mol. The van der Waals surface area contributed by atoms with Crippen LogP contribution in [0.2, 0.25) is 5.02 Å². The Bertz CT molecular complexity index is 694. The summed E-state index contributed by atoms with van der Waals surface area (Å²) in [6, 6.07) is 8.92. The van der Waals surface area contributed by atoms with Gasteiger partial charge in [0.2, 0.25) is 0 Å². The fourth-order valence-corrected chi connectivity index (χ4v) is 2.90. The maximum absolute atomic E-state index is 12.8. The van der Waals surface area contributed by atoms with E-state index in [4.69, 9.17) is 22.1 Å². The molecule has 0 aliphatic heterocycles. The molecule has 0 saturated carbocycles. The molecule has 25 heavy (non-hydrogen) atoms. The molecule has 0 saturated heterocycles. The Kier molecular flexibility index (Phi) is 7.22. The lowest BCUT2D eigenvalue weighted by Crippen LogP contribution is -2.31. The van der Waals surface area contributed by atoms with E-state index >= 15 is 0 Å². The molecule has 1 atom stereocenters. The van der Waals surface area contributed by atoms with Crippen LogP contribution in [0.15, 0.2) is 42.7 Å². The summed E-state index contributed by atoms with van der Waals surface area (Å²) in [6.07, 6.45) is 5.06. The van der Waals surface area contributed by atoms with Crippen molar-refractivity contribution in [1.82, 2.24) is 9.88 Å². The largest absolute Gasteiger partial charge is 0.492 e. The average Bonchev–Trinajstić information content (AvgIpc) is 2.64. The van der Waals surface area contributed by atoms with Crippen molar-refractivity contribution in [2.24, 2.45) is 5.73 Å². The maximum atomic E-state index is 12.8. The van der Waals surface area contributed by atoms with Gasteiger partial charge in [-0.25, -0.2) is 0 Å². The van der Waals surface area contributed by atoms with Crippen LogP contribution >= 0.6 is 11.6 Å². The first-order chi connectivity index (χ1) is 12.1. The third-order valence-corrected chi connectivity index (χ3v) is 4.32. The van der Waals surface area contributed by atoms with Crippen LogP contribution in [-0.4, -0.2) is 36.0 Å². The number of rotatable bonds is 8. The smallest absolute Gasteiger partial charge is 0.254 e. The number of benzene rings is 1. The van der Waals surface area contributed by atoms with E-state index in [0.717, 1.165) is 18.4 Å². The van der Waals surface area contributed by atoms with E-state index in [-0.39, 0.29) is 11.9 Å². The van der Waals surface area contributed by atoms with Crippen LogP contribution in [0.3, 0.4) is 0 Å². The van der Waals surface area contributed by atoms with E-state index in [0.29, 0.717) is 29.5 Å². The van der Waals surface area contributed by atoms with Gasteiger partial charge < -0.3 is 15.4 Å². The molecule has 5 nitrogen and oxygen atoms in total. The third-order valence-electron chi connectivity index (χ3n) is 4.03. The van der Waals surface area contributed by atoms with Crippen LogP contribution < -0.4 is 10.5 Å². The second-order valence-corrected chi connectivity index (χ2v) is 6.17. The van der Waals surface area contributed by atoms with Crippen molar-refractivity contribution < 1.29 is 9.53 Å². The van der Waals surface area contributed by atoms with Gasteiger partial charge in [-0.2, -0.15) is 0 Å². The van der Waals surface area contributed by atoms with Crippen molar-refractivity contribution in [1.29, 1.82) is 0 Å². The average molecular weight is 362 g/mol. The Morgan fingerprint density at radius 1 is 1.40 bits per heavy atom. The summed E-state index contributed by atoms with van der Waals surface area (Å²) in [6.45, 7) is 3.11. The van der Waals surface area contributed by atoms with Crippen LogP contribution in [0.25, 0.3) is 0 Å².